The van der Waals surface area contributed by atoms with Crippen molar-refractivity contribution < 1.29 is 18.4 Å². The zero-order valence-corrected chi connectivity index (χ0v) is 13.8. The first-order chi connectivity index (χ1) is 12.6. The van der Waals surface area contributed by atoms with Crippen LogP contribution in [0, 0.1) is 11.6 Å². The van der Waals surface area contributed by atoms with E-state index in [0.29, 0.717) is 0 Å². The topological polar surface area (TPSA) is 74.0 Å². The molecule has 1 aromatic heterocycles. The number of halogens is 2. The van der Waals surface area contributed by atoms with Gasteiger partial charge in [0.1, 0.15) is 17.2 Å². The number of H-pyrrole nitrogens is 1. The van der Waals surface area contributed by atoms with Crippen LogP contribution >= 0.6 is 0 Å². The summed E-state index contributed by atoms with van der Waals surface area (Å²) >= 11 is 0. The summed E-state index contributed by atoms with van der Waals surface area (Å²) in [6.07, 6.45) is 1.98. The summed E-state index contributed by atoms with van der Waals surface area (Å²) in [6, 6.07) is 10.9. The van der Waals surface area contributed by atoms with Crippen LogP contribution in [-0.4, -0.2) is 29.9 Å². The predicted molar refractivity (Wildman–Crippen MR) is 93.7 cm³/mol. The lowest BCUT2D eigenvalue weighted by molar-refractivity contribution is -0.120. The molecule has 1 heterocycles. The molecule has 3 rings (SSSR count). The molecule has 7 heteroatoms. The van der Waals surface area contributed by atoms with Crippen LogP contribution in [0.2, 0.25) is 0 Å². The van der Waals surface area contributed by atoms with Crippen molar-refractivity contribution in [3.8, 4) is 0 Å². The Kier molecular flexibility index (Phi) is 5.26. The van der Waals surface area contributed by atoms with Crippen LogP contribution in [0.1, 0.15) is 15.9 Å². The van der Waals surface area contributed by atoms with Crippen LogP contribution in [0.4, 0.5) is 8.78 Å². The fraction of sp³-hybridized carbons (Fsp3) is 0.158. The highest BCUT2D eigenvalue weighted by Crippen LogP contribution is 2.17. The van der Waals surface area contributed by atoms with Crippen LogP contribution in [0.5, 0.6) is 0 Å². The van der Waals surface area contributed by atoms with Gasteiger partial charge in [-0.15, -0.1) is 0 Å². The van der Waals surface area contributed by atoms with E-state index < -0.39 is 23.1 Å². The second-order valence-electron chi connectivity index (χ2n) is 5.74. The Hall–Kier alpha value is -3.22. The highest BCUT2D eigenvalue weighted by atomic mass is 19.1. The second kappa shape index (κ2) is 7.77. The molecule has 0 aliphatic carbocycles. The van der Waals surface area contributed by atoms with E-state index in [4.69, 9.17) is 0 Å². The zero-order valence-electron chi connectivity index (χ0n) is 13.8. The number of nitrogens with one attached hydrogen (secondary N) is 3. The third-order valence-corrected chi connectivity index (χ3v) is 3.95. The highest BCUT2D eigenvalue weighted by molar-refractivity contribution is 5.94. The number of para-hydroxylation sites is 1. The minimum atomic E-state index is -0.925. The van der Waals surface area contributed by atoms with Crippen molar-refractivity contribution in [1.82, 2.24) is 15.6 Å². The van der Waals surface area contributed by atoms with Gasteiger partial charge in [-0.05, 0) is 23.8 Å². The van der Waals surface area contributed by atoms with Gasteiger partial charge in [0.05, 0.1) is 6.42 Å². The maximum absolute atomic E-state index is 13.5. The Labute approximate surface area is 148 Å². The van der Waals surface area contributed by atoms with Gasteiger partial charge in [0.2, 0.25) is 5.91 Å². The molecule has 0 saturated heterocycles. The number of rotatable bonds is 6. The summed E-state index contributed by atoms with van der Waals surface area (Å²) in [5.41, 5.74) is 1.20. The van der Waals surface area contributed by atoms with Gasteiger partial charge in [-0.1, -0.05) is 24.3 Å². The van der Waals surface area contributed by atoms with E-state index in [1.54, 1.807) is 6.20 Å². The van der Waals surface area contributed by atoms with E-state index in [1.807, 2.05) is 24.3 Å². The summed E-state index contributed by atoms with van der Waals surface area (Å²) in [7, 11) is 0. The second-order valence-corrected chi connectivity index (χ2v) is 5.74. The number of fused-ring (bicyclic) bond motifs is 1. The summed E-state index contributed by atoms with van der Waals surface area (Å²) in [5, 5.41) is 6.03. The number of carbonyl (C=O) groups is 2. The first-order valence-electron chi connectivity index (χ1n) is 8.10. The van der Waals surface area contributed by atoms with Crippen LogP contribution in [0.25, 0.3) is 10.9 Å². The standard InChI is InChI=1S/C19H17F2N3O2/c20-14-5-3-6-15(21)18(14)19(26)23-9-8-22-17(25)10-12-11-24-16-7-2-1-4-13(12)16/h1-7,11,24H,8-10H2,(H,22,25)(H,23,26). The van der Waals surface area contributed by atoms with Gasteiger partial charge in [-0.2, -0.15) is 0 Å². The molecule has 0 bridgehead atoms. The number of amides is 2. The third-order valence-electron chi connectivity index (χ3n) is 3.95. The zero-order chi connectivity index (χ0) is 18.5. The first kappa shape index (κ1) is 17.6. The molecule has 0 saturated carbocycles. The first-order valence-corrected chi connectivity index (χ1v) is 8.10. The van der Waals surface area contributed by atoms with Crippen LogP contribution < -0.4 is 10.6 Å². The van der Waals surface area contributed by atoms with E-state index in [9.17, 15) is 18.4 Å². The van der Waals surface area contributed by atoms with Gasteiger partial charge in [0.15, 0.2) is 0 Å². The van der Waals surface area contributed by atoms with Crippen molar-refractivity contribution in [2.75, 3.05) is 13.1 Å². The van der Waals surface area contributed by atoms with E-state index in [-0.39, 0.29) is 25.4 Å². The SMILES string of the molecule is O=C(Cc1c[nH]c2ccccc12)NCCNC(=O)c1c(F)cccc1F. The monoisotopic (exact) mass is 357 g/mol. The molecule has 2 amide bonds. The van der Waals surface area contributed by atoms with Gasteiger partial charge >= 0.3 is 0 Å². The maximum Gasteiger partial charge on any atom is 0.257 e. The van der Waals surface area contributed by atoms with Gasteiger partial charge in [-0.3, -0.25) is 9.59 Å². The molecule has 5 nitrogen and oxygen atoms in total. The van der Waals surface area contributed by atoms with Crippen molar-refractivity contribution in [2.45, 2.75) is 6.42 Å². The molecular formula is C19H17F2N3O2. The lowest BCUT2D eigenvalue weighted by Crippen LogP contribution is -2.35. The smallest absolute Gasteiger partial charge is 0.257 e. The quantitative estimate of drug-likeness (QED) is 0.593. The number of carbonyl (C=O) groups excluding carboxylic acids is 2. The Morgan fingerprint density at radius 1 is 0.923 bits per heavy atom. The lowest BCUT2D eigenvalue weighted by atomic mass is 10.1. The maximum atomic E-state index is 13.5. The highest BCUT2D eigenvalue weighted by Gasteiger charge is 2.16. The average Bonchev–Trinajstić information content (AvgIpc) is 3.02. The molecule has 0 atom stereocenters. The predicted octanol–water partition coefficient (Wildman–Crippen LogP) is 2.53. The summed E-state index contributed by atoms with van der Waals surface area (Å²) < 4.78 is 27.0. The minimum absolute atomic E-state index is 0.0617. The van der Waals surface area contributed by atoms with Crippen LogP contribution in [-0.2, 0) is 11.2 Å². The largest absolute Gasteiger partial charge is 0.361 e. The molecule has 134 valence electrons. The number of aromatic nitrogens is 1. The Morgan fingerprint density at radius 2 is 1.62 bits per heavy atom. The van der Waals surface area contributed by atoms with Gasteiger partial charge in [0, 0.05) is 30.2 Å². The fourth-order valence-corrected chi connectivity index (χ4v) is 2.69. The number of hydrogen-bond donors (Lipinski definition) is 3. The molecule has 0 spiro atoms. The van der Waals surface area contributed by atoms with Gasteiger partial charge < -0.3 is 15.6 Å². The van der Waals surface area contributed by atoms with E-state index >= 15 is 0 Å². The average molecular weight is 357 g/mol. The minimum Gasteiger partial charge on any atom is -0.361 e. The van der Waals surface area contributed by atoms with E-state index in [1.165, 1.54) is 6.07 Å². The lowest BCUT2D eigenvalue weighted by Gasteiger charge is -2.08. The molecule has 0 radical (unpaired) electrons. The molecule has 0 aliphatic heterocycles. The Morgan fingerprint density at radius 3 is 2.38 bits per heavy atom. The molecule has 3 N–H and O–H groups in total. The fourth-order valence-electron chi connectivity index (χ4n) is 2.69. The Balaban J connectivity index is 1.48. The molecule has 0 aliphatic rings. The molecule has 2 aromatic carbocycles. The van der Waals surface area contributed by atoms with E-state index in [2.05, 4.69) is 15.6 Å². The van der Waals surface area contributed by atoms with Crippen molar-refractivity contribution >= 4 is 22.7 Å². The van der Waals surface area contributed by atoms with Crippen molar-refractivity contribution in [3.63, 3.8) is 0 Å². The number of benzene rings is 2. The van der Waals surface area contributed by atoms with Crippen LogP contribution in [0.15, 0.2) is 48.7 Å². The van der Waals surface area contributed by atoms with Crippen LogP contribution in [0.3, 0.4) is 0 Å². The molecule has 0 fully saturated rings. The van der Waals surface area contributed by atoms with Crippen molar-refractivity contribution in [3.05, 3.63) is 71.4 Å². The number of aromatic amines is 1. The summed E-state index contributed by atoms with van der Waals surface area (Å²) in [4.78, 5) is 26.9. The molecule has 0 unspecified atom stereocenters. The molecule has 26 heavy (non-hydrogen) atoms. The van der Waals surface area contributed by atoms with Gasteiger partial charge in [-0.25, -0.2) is 8.78 Å². The Bertz CT molecular complexity index is 933. The van der Waals surface area contributed by atoms with Gasteiger partial charge in [0.25, 0.3) is 5.91 Å². The summed E-state index contributed by atoms with van der Waals surface area (Å²) in [5.74, 6) is -2.91. The van der Waals surface area contributed by atoms with E-state index in [0.717, 1.165) is 28.6 Å². The van der Waals surface area contributed by atoms with Crippen molar-refractivity contribution in [1.29, 1.82) is 0 Å². The summed E-state index contributed by atoms with van der Waals surface area (Å²) in [6.45, 7) is 0.217. The number of hydrogen-bond acceptors (Lipinski definition) is 2. The third kappa shape index (κ3) is 3.88. The normalized spacial score (nSPS) is 10.7. The van der Waals surface area contributed by atoms with Crippen molar-refractivity contribution in [2.24, 2.45) is 0 Å². The molecular weight excluding hydrogens is 340 g/mol. The molecule has 3 aromatic rings.